The molecule has 108 valence electrons. The maximum Gasteiger partial charge on any atom is 0.205 e. The second-order valence-corrected chi connectivity index (χ2v) is 6.55. The first kappa shape index (κ1) is 13.9. The molecule has 0 saturated carbocycles. The summed E-state index contributed by atoms with van der Waals surface area (Å²) in [5, 5.41) is 14.9. The molecule has 5 heteroatoms. The van der Waals surface area contributed by atoms with Gasteiger partial charge >= 0.3 is 0 Å². The molecular weight excluding hydrogens is 280 g/mol. The number of hydrogen-bond acceptors (Lipinski definition) is 5. The van der Waals surface area contributed by atoms with Crippen molar-refractivity contribution in [2.45, 2.75) is 26.8 Å². The second-order valence-electron chi connectivity index (χ2n) is 5.48. The molecule has 0 bridgehead atoms. The molecule has 0 spiro atoms. The summed E-state index contributed by atoms with van der Waals surface area (Å²) in [6.45, 7) is 5.14. The quantitative estimate of drug-likeness (QED) is 0.776. The Morgan fingerprint density at radius 1 is 1.19 bits per heavy atom. The van der Waals surface area contributed by atoms with Crippen LogP contribution in [0.3, 0.4) is 0 Å². The summed E-state index contributed by atoms with van der Waals surface area (Å²) < 4.78 is 0. The Balaban J connectivity index is 1.67. The zero-order valence-corrected chi connectivity index (χ0v) is 13.0. The second kappa shape index (κ2) is 6.18. The van der Waals surface area contributed by atoms with Crippen LogP contribution < -0.4 is 5.32 Å². The van der Waals surface area contributed by atoms with Gasteiger partial charge in [-0.3, -0.25) is 4.98 Å². The van der Waals surface area contributed by atoms with E-state index in [0.717, 1.165) is 34.0 Å². The van der Waals surface area contributed by atoms with E-state index in [9.17, 15) is 0 Å². The number of pyridine rings is 1. The number of hydrogen-bond donors (Lipinski definition) is 1. The number of anilines is 1. The van der Waals surface area contributed by atoms with Crippen LogP contribution in [0.2, 0.25) is 0 Å². The number of benzene rings is 1. The number of nitrogens with zero attached hydrogens (tertiary/aromatic N) is 3. The van der Waals surface area contributed by atoms with Crippen LogP contribution in [0.1, 0.15) is 24.4 Å². The molecule has 0 aliphatic heterocycles. The van der Waals surface area contributed by atoms with Gasteiger partial charge < -0.3 is 5.32 Å². The Kier molecular flexibility index (Phi) is 4.10. The summed E-state index contributed by atoms with van der Waals surface area (Å²) in [6.07, 6.45) is 2.80. The van der Waals surface area contributed by atoms with Gasteiger partial charge in [-0.2, -0.15) is 0 Å². The predicted molar refractivity (Wildman–Crippen MR) is 87.5 cm³/mol. The minimum Gasteiger partial charge on any atom is -0.356 e. The normalized spacial score (nSPS) is 11.2. The lowest BCUT2D eigenvalue weighted by Gasteiger charge is -2.04. The van der Waals surface area contributed by atoms with Gasteiger partial charge in [0, 0.05) is 24.5 Å². The average molecular weight is 298 g/mol. The molecule has 1 aromatic carbocycles. The maximum absolute atomic E-state index is 4.33. The minimum absolute atomic E-state index is 0.610. The van der Waals surface area contributed by atoms with E-state index in [4.69, 9.17) is 0 Å². The summed E-state index contributed by atoms with van der Waals surface area (Å²) in [5.41, 5.74) is 2.24. The van der Waals surface area contributed by atoms with Gasteiger partial charge in [-0.15, -0.1) is 10.2 Å². The molecular formula is C16H18N4S. The number of fused-ring (bicyclic) bond motifs is 1. The molecule has 3 aromatic rings. The molecule has 0 atom stereocenters. The number of aromatic nitrogens is 3. The van der Waals surface area contributed by atoms with E-state index in [0.29, 0.717) is 5.92 Å². The van der Waals surface area contributed by atoms with Crippen molar-refractivity contribution in [1.29, 1.82) is 0 Å². The van der Waals surface area contributed by atoms with Gasteiger partial charge in [-0.05, 0) is 29.7 Å². The van der Waals surface area contributed by atoms with E-state index in [1.54, 1.807) is 11.3 Å². The third kappa shape index (κ3) is 3.55. The minimum atomic E-state index is 0.610. The highest BCUT2D eigenvalue weighted by atomic mass is 32.1. The monoisotopic (exact) mass is 298 g/mol. The Hall–Kier alpha value is -2.01. The molecule has 0 saturated heterocycles. The van der Waals surface area contributed by atoms with Gasteiger partial charge in [0.25, 0.3) is 0 Å². The molecule has 4 nitrogen and oxygen atoms in total. The first-order valence-electron chi connectivity index (χ1n) is 7.10. The van der Waals surface area contributed by atoms with Gasteiger partial charge in [-0.1, -0.05) is 37.3 Å². The highest BCUT2D eigenvalue weighted by Gasteiger charge is 2.06. The van der Waals surface area contributed by atoms with Crippen molar-refractivity contribution in [3.05, 3.63) is 47.1 Å². The van der Waals surface area contributed by atoms with Crippen LogP contribution in [0, 0.1) is 5.92 Å². The molecule has 2 heterocycles. The summed E-state index contributed by atoms with van der Waals surface area (Å²) >= 11 is 1.64. The van der Waals surface area contributed by atoms with E-state index < -0.39 is 0 Å². The third-order valence-electron chi connectivity index (χ3n) is 3.16. The van der Waals surface area contributed by atoms with Crippen molar-refractivity contribution in [2.75, 3.05) is 5.32 Å². The van der Waals surface area contributed by atoms with Crippen LogP contribution in [0.4, 0.5) is 5.13 Å². The van der Waals surface area contributed by atoms with Crippen molar-refractivity contribution in [3.63, 3.8) is 0 Å². The van der Waals surface area contributed by atoms with Gasteiger partial charge in [0.2, 0.25) is 5.13 Å². The van der Waals surface area contributed by atoms with Crippen LogP contribution in [-0.2, 0) is 13.0 Å². The third-order valence-corrected chi connectivity index (χ3v) is 4.06. The van der Waals surface area contributed by atoms with Gasteiger partial charge in [0.1, 0.15) is 5.01 Å². The van der Waals surface area contributed by atoms with Crippen molar-refractivity contribution >= 4 is 27.4 Å². The Labute approximate surface area is 128 Å². The Morgan fingerprint density at radius 3 is 2.95 bits per heavy atom. The molecule has 0 fully saturated rings. The van der Waals surface area contributed by atoms with E-state index in [1.807, 2.05) is 12.3 Å². The molecule has 2 aromatic heterocycles. The molecule has 0 aliphatic carbocycles. The number of nitrogens with one attached hydrogen (secondary N) is 1. The molecule has 0 aliphatic rings. The van der Waals surface area contributed by atoms with Crippen molar-refractivity contribution in [1.82, 2.24) is 15.2 Å². The van der Waals surface area contributed by atoms with E-state index >= 15 is 0 Å². The van der Waals surface area contributed by atoms with Crippen molar-refractivity contribution in [3.8, 4) is 0 Å². The lowest BCUT2D eigenvalue weighted by molar-refractivity contribution is 0.640. The van der Waals surface area contributed by atoms with Gasteiger partial charge in [0.15, 0.2) is 0 Å². The first-order chi connectivity index (χ1) is 10.2. The van der Waals surface area contributed by atoms with Crippen LogP contribution >= 0.6 is 11.3 Å². The highest BCUT2D eigenvalue weighted by Crippen LogP contribution is 2.20. The zero-order valence-electron chi connectivity index (χ0n) is 12.2. The summed E-state index contributed by atoms with van der Waals surface area (Å²) in [6, 6.07) is 10.3. The van der Waals surface area contributed by atoms with Gasteiger partial charge in [-0.25, -0.2) is 0 Å². The van der Waals surface area contributed by atoms with Crippen LogP contribution in [0.15, 0.2) is 36.5 Å². The maximum atomic E-state index is 4.33. The molecule has 21 heavy (non-hydrogen) atoms. The molecule has 3 rings (SSSR count). The van der Waals surface area contributed by atoms with Crippen LogP contribution in [0.25, 0.3) is 10.9 Å². The predicted octanol–water partition coefficient (Wildman–Crippen LogP) is 3.90. The fraction of sp³-hybridized carbons (Fsp3) is 0.312. The van der Waals surface area contributed by atoms with E-state index in [-0.39, 0.29) is 0 Å². The van der Waals surface area contributed by atoms with Gasteiger partial charge in [0.05, 0.1) is 5.52 Å². The molecule has 0 amide bonds. The molecule has 0 radical (unpaired) electrons. The SMILES string of the molecule is CC(C)Cc1nnc(NCc2ccc3ncccc3c2)s1. The number of rotatable bonds is 5. The largest absolute Gasteiger partial charge is 0.356 e. The molecule has 0 unspecified atom stereocenters. The Bertz CT molecular complexity index is 736. The van der Waals surface area contributed by atoms with Crippen LogP contribution in [0.5, 0.6) is 0 Å². The topological polar surface area (TPSA) is 50.7 Å². The summed E-state index contributed by atoms with van der Waals surface area (Å²) in [5.74, 6) is 0.610. The Morgan fingerprint density at radius 2 is 2.10 bits per heavy atom. The zero-order chi connectivity index (χ0) is 14.7. The summed E-state index contributed by atoms with van der Waals surface area (Å²) in [7, 11) is 0. The fourth-order valence-electron chi connectivity index (χ4n) is 2.17. The smallest absolute Gasteiger partial charge is 0.205 e. The highest BCUT2D eigenvalue weighted by molar-refractivity contribution is 7.15. The summed E-state index contributed by atoms with van der Waals surface area (Å²) in [4.78, 5) is 4.33. The van der Waals surface area contributed by atoms with Crippen molar-refractivity contribution in [2.24, 2.45) is 5.92 Å². The molecule has 1 N–H and O–H groups in total. The lowest BCUT2D eigenvalue weighted by Crippen LogP contribution is -1.98. The fourth-order valence-corrected chi connectivity index (χ4v) is 3.12. The van der Waals surface area contributed by atoms with Crippen LogP contribution in [-0.4, -0.2) is 15.2 Å². The van der Waals surface area contributed by atoms with E-state index in [2.05, 4.69) is 58.6 Å². The average Bonchev–Trinajstić information content (AvgIpc) is 2.91. The first-order valence-corrected chi connectivity index (χ1v) is 7.92. The van der Waals surface area contributed by atoms with Crippen molar-refractivity contribution < 1.29 is 0 Å². The lowest BCUT2D eigenvalue weighted by atomic mass is 10.1. The van der Waals surface area contributed by atoms with E-state index in [1.165, 1.54) is 5.56 Å². The standard InChI is InChI=1S/C16H18N4S/c1-11(2)8-15-19-20-16(21-15)18-10-12-5-6-14-13(9-12)4-3-7-17-14/h3-7,9,11H,8,10H2,1-2H3,(H,18,20).